The number of hydrogen-bond donors (Lipinski definition) is 1. The number of nitrogens with zero attached hydrogens (tertiary/aromatic N) is 3. The van der Waals surface area contributed by atoms with Gasteiger partial charge in [-0.05, 0) is 69.8 Å². The van der Waals surface area contributed by atoms with Crippen molar-refractivity contribution in [3.63, 3.8) is 0 Å². The molecular weight excluding hydrogens is 368 g/mol. The molecule has 3 heterocycles. The van der Waals surface area contributed by atoms with Gasteiger partial charge in [0.25, 0.3) is 0 Å². The third kappa shape index (κ3) is 4.73. The fraction of sp³-hybridized carbons (Fsp3) is 0.636. The Morgan fingerprint density at radius 3 is 2.72 bits per heavy atom. The Kier molecular flexibility index (Phi) is 6.06. The van der Waals surface area contributed by atoms with Gasteiger partial charge in [-0.2, -0.15) is 0 Å². The maximum atomic E-state index is 12.8. The van der Waals surface area contributed by atoms with Crippen molar-refractivity contribution in [3.8, 4) is 5.75 Å². The summed E-state index contributed by atoms with van der Waals surface area (Å²) in [7, 11) is 0. The number of carbonyl (C=O) groups is 1. The van der Waals surface area contributed by atoms with Crippen LogP contribution in [0.15, 0.2) is 29.3 Å². The lowest BCUT2D eigenvalue weighted by Crippen LogP contribution is -2.50. The van der Waals surface area contributed by atoms with Gasteiger partial charge in [0.05, 0.1) is 37.7 Å². The number of carbonyl (C=O) groups excluding carboxylic acids is 1. The smallest absolute Gasteiger partial charge is 0.327 e. The van der Waals surface area contributed by atoms with Gasteiger partial charge in [0.1, 0.15) is 12.5 Å². The van der Waals surface area contributed by atoms with E-state index in [0.29, 0.717) is 19.9 Å². The van der Waals surface area contributed by atoms with Crippen LogP contribution in [0.1, 0.15) is 44.7 Å². The van der Waals surface area contributed by atoms with Crippen LogP contribution in [0.2, 0.25) is 0 Å². The monoisotopic (exact) mass is 400 g/mol. The lowest BCUT2D eigenvalue weighted by Gasteiger charge is -2.31. The molecule has 2 amide bonds. The number of urea groups is 1. The molecule has 2 fully saturated rings. The highest BCUT2D eigenvalue weighted by Gasteiger charge is 2.39. The molecule has 7 nitrogen and oxygen atoms in total. The zero-order valence-electron chi connectivity index (χ0n) is 17.5. The summed E-state index contributed by atoms with van der Waals surface area (Å²) >= 11 is 0. The first-order chi connectivity index (χ1) is 14.0. The van der Waals surface area contributed by atoms with Crippen LogP contribution in [-0.2, 0) is 4.74 Å². The van der Waals surface area contributed by atoms with E-state index in [-0.39, 0.29) is 17.6 Å². The first kappa shape index (κ1) is 20.2. The highest BCUT2D eigenvalue weighted by Crippen LogP contribution is 2.28. The summed E-state index contributed by atoms with van der Waals surface area (Å²) in [6.45, 7) is 8.52. The van der Waals surface area contributed by atoms with Crippen molar-refractivity contribution in [2.75, 3.05) is 39.6 Å². The second-order valence-corrected chi connectivity index (χ2v) is 8.83. The molecule has 0 bridgehead atoms. The Morgan fingerprint density at radius 2 is 2.03 bits per heavy atom. The van der Waals surface area contributed by atoms with Crippen LogP contribution in [0.5, 0.6) is 5.75 Å². The maximum absolute atomic E-state index is 12.8. The van der Waals surface area contributed by atoms with E-state index in [1.165, 1.54) is 12.8 Å². The Balaban J connectivity index is 1.26. The highest BCUT2D eigenvalue weighted by molar-refractivity contribution is 5.88. The van der Waals surface area contributed by atoms with Crippen LogP contribution in [-0.4, -0.2) is 67.3 Å². The van der Waals surface area contributed by atoms with Gasteiger partial charge >= 0.3 is 6.03 Å². The normalized spacial score (nSPS) is 24.3. The minimum atomic E-state index is -0.282. The molecule has 1 atom stereocenters. The molecule has 1 N–H and O–H groups in total. The van der Waals surface area contributed by atoms with Crippen molar-refractivity contribution < 1.29 is 14.3 Å². The molecule has 1 aromatic carbocycles. The lowest BCUT2D eigenvalue weighted by atomic mass is 9.95. The zero-order valence-corrected chi connectivity index (χ0v) is 17.5. The molecule has 158 valence electrons. The third-order valence-electron chi connectivity index (χ3n) is 6.16. The summed E-state index contributed by atoms with van der Waals surface area (Å²) < 4.78 is 11.4. The van der Waals surface area contributed by atoms with Gasteiger partial charge in [0.2, 0.25) is 0 Å². The predicted octanol–water partition coefficient (Wildman–Crippen LogP) is 3.03. The largest absolute Gasteiger partial charge is 0.494 e. The summed E-state index contributed by atoms with van der Waals surface area (Å²) in [5.74, 6) is 1.67. The molecule has 0 radical (unpaired) electrons. The van der Waals surface area contributed by atoms with Crippen molar-refractivity contribution in [3.05, 3.63) is 29.8 Å². The Labute approximate surface area is 173 Å². The molecule has 2 saturated heterocycles. The van der Waals surface area contributed by atoms with E-state index >= 15 is 0 Å². The van der Waals surface area contributed by atoms with Gasteiger partial charge in [-0.15, -0.1) is 0 Å². The SMILES string of the molecule is CC1(C)COCN1C(=O)N1C=NC(c2ccc(OCCC3CCNCC3)cc2)C1. The van der Waals surface area contributed by atoms with E-state index in [1.54, 1.807) is 16.1 Å². The predicted molar refractivity (Wildman–Crippen MR) is 112 cm³/mol. The van der Waals surface area contributed by atoms with Crippen LogP contribution in [0.4, 0.5) is 4.79 Å². The minimum Gasteiger partial charge on any atom is -0.494 e. The quantitative estimate of drug-likeness (QED) is 0.825. The van der Waals surface area contributed by atoms with E-state index < -0.39 is 0 Å². The molecule has 0 aromatic heterocycles. The number of piperidine rings is 1. The number of amides is 2. The first-order valence-corrected chi connectivity index (χ1v) is 10.7. The van der Waals surface area contributed by atoms with Crippen LogP contribution >= 0.6 is 0 Å². The van der Waals surface area contributed by atoms with Gasteiger partial charge in [-0.1, -0.05) is 12.1 Å². The van der Waals surface area contributed by atoms with E-state index in [4.69, 9.17) is 9.47 Å². The summed E-state index contributed by atoms with van der Waals surface area (Å²) in [5, 5.41) is 3.40. The van der Waals surface area contributed by atoms with Crippen molar-refractivity contribution in [1.29, 1.82) is 0 Å². The van der Waals surface area contributed by atoms with Gasteiger partial charge in [0.15, 0.2) is 0 Å². The molecule has 3 aliphatic heterocycles. The number of benzene rings is 1. The van der Waals surface area contributed by atoms with Crippen molar-refractivity contribution in [2.24, 2.45) is 10.9 Å². The summed E-state index contributed by atoms with van der Waals surface area (Å²) in [6.07, 6.45) is 5.27. The standard InChI is InChI=1S/C22H32N4O3/c1-22(2)14-28-16-26(22)21(27)25-13-20(24-15-25)18-3-5-19(6-4-18)29-12-9-17-7-10-23-11-8-17/h3-6,15,17,20,23H,7-14,16H2,1-2H3. The second-order valence-electron chi connectivity index (χ2n) is 8.83. The summed E-state index contributed by atoms with van der Waals surface area (Å²) in [4.78, 5) is 20.8. The Morgan fingerprint density at radius 1 is 1.28 bits per heavy atom. The van der Waals surface area contributed by atoms with Gasteiger partial charge < -0.3 is 14.8 Å². The van der Waals surface area contributed by atoms with Crippen LogP contribution < -0.4 is 10.1 Å². The third-order valence-corrected chi connectivity index (χ3v) is 6.16. The van der Waals surface area contributed by atoms with Crippen LogP contribution in [0, 0.1) is 5.92 Å². The molecule has 7 heteroatoms. The second kappa shape index (κ2) is 8.71. The van der Waals surface area contributed by atoms with Crippen molar-refractivity contribution in [1.82, 2.24) is 15.1 Å². The Bertz CT molecular complexity index is 728. The topological polar surface area (TPSA) is 66.4 Å². The van der Waals surface area contributed by atoms with Crippen molar-refractivity contribution in [2.45, 2.75) is 44.7 Å². The highest BCUT2D eigenvalue weighted by atomic mass is 16.5. The van der Waals surface area contributed by atoms with E-state index in [2.05, 4.69) is 22.4 Å². The number of ether oxygens (including phenoxy) is 2. The molecule has 0 spiro atoms. The summed E-state index contributed by atoms with van der Waals surface area (Å²) in [6, 6.07) is 8.05. The summed E-state index contributed by atoms with van der Waals surface area (Å²) in [5.41, 5.74) is 0.815. The minimum absolute atomic E-state index is 0.0330. The molecule has 1 unspecified atom stereocenters. The zero-order chi connectivity index (χ0) is 20.3. The number of nitrogens with one attached hydrogen (secondary N) is 1. The number of hydrogen-bond acceptors (Lipinski definition) is 5. The average Bonchev–Trinajstić information content (AvgIpc) is 3.35. The van der Waals surface area contributed by atoms with Crippen molar-refractivity contribution >= 4 is 12.4 Å². The number of rotatable bonds is 5. The lowest BCUT2D eigenvalue weighted by molar-refractivity contribution is 0.126. The maximum Gasteiger partial charge on any atom is 0.327 e. The van der Waals surface area contributed by atoms with Gasteiger partial charge in [-0.3, -0.25) is 14.8 Å². The molecule has 0 saturated carbocycles. The van der Waals surface area contributed by atoms with Gasteiger partial charge in [-0.25, -0.2) is 4.79 Å². The van der Waals surface area contributed by atoms with E-state index in [1.807, 2.05) is 26.0 Å². The van der Waals surface area contributed by atoms with Gasteiger partial charge in [0, 0.05) is 0 Å². The fourth-order valence-electron chi connectivity index (χ4n) is 4.17. The van der Waals surface area contributed by atoms with Crippen LogP contribution in [0.3, 0.4) is 0 Å². The average molecular weight is 401 g/mol. The molecular formula is C22H32N4O3. The molecule has 1 aromatic rings. The van der Waals surface area contributed by atoms with E-state index in [9.17, 15) is 4.79 Å². The number of aliphatic imine (C=N–C) groups is 1. The fourth-order valence-corrected chi connectivity index (χ4v) is 4.17. The van der Waals surface area contributed by atoms with Crippen LogP contribution in [0.25, 0.3) is 0 Å². The first-order valence-electron chi connectivity index (χ1n) is 10.7. The van der Waals surface area contributed by atoms with E-state index in [0.717, 1.165) is 43.3 Å². The molecule has 29 heavy (non-hydrogen) atoms. The molecule has 4 rings (SSSR count). The Hall–Kier alpha value is -2.12. The molecule has 0 aliphatic carbocycles. The molecule has 3 aliphatic rings.